The maximum Gasteiger partial charge on any atom is 0.0892 e. The van der Waals surface area contributed by atoms with Crippen molar-refractivity contribution in [3.8, 4) is 0 Å². The third-order valence-electron chi connectivity index (χ3n) is 0.774. The zero-order chi connectivity index (χ0) is 6.95. The van der Waals surface area contributed by atoms with E-state index in [1.165, 1.54) is 0 Å². The number of nitrogens with zero attached hydrogens (tertiary/aromatic N) is 2. The van der Waals surface area contributed by atoms with Crippen LogP contribution >= 0.6 is 0 Å². The van der Waals surface area contributed by atoms with Crippen molar-refractivity contribution in [2.75, 3.05) is 19.6 Å². The summed E-state index contributed by atoms with van der Waals surface area (Å²) >= 11 is 0. The summed E-state index contributed by atoms with van der Waals surface area (Å²) in [4.78, 5) is 7.64. The van der Waals surface area contributed by atoms with E-state index in [2.05, 4.69) is 16.0 Å². The molecule has 0 radical (unpaired) electrons. The molecule has 0 aliphatic carbocycles. The Labute approximate surface area is 55.7 Å². The Morgan fingerprint density at radius 1 is 1.44 bits per heavy atom. The van der Waals surface area contributed by atoms with Crippen molar-refractivity contribution >= 4 is 6.01 Å². The maximum absolute atomic E-state index is 5.22. The molecule has 0 saturated heterocycles. The standard InChI is InChI=1S/C6H13N3/c1-2-8-6-9-5-3-4-7/h2-5,7H2,1H3. The number of nitrogens with two attached hydrogens (primary N) is 1. The summed E-state index contributed by atoms with van der Waals surface area (Å²) in [5, 5.41) is 0. The highest BCUT2D eigenvalue weighted by Crippen LogP contribution is 1.73. The molecule has 0 unspecified atom stereocenters. The molecular formula is C6H13N3. The Hall–Kier alpha value is -0.660. The molecule has 0 aromatic heterocycles. The van der Waals surface area contributed by atoms with Gasteiger partial charge in [0.05, 0.1) is 12.6 Å². The first-order valence-electron chi connectivity index (χ1n) is 3.20. The Morgan fingerprint density at radius 2 is 2.22 bits per heavy atom. The van der Waals surface area contributed by atoms with Crippen LogP contribution in [0.4, 0.5) is 0 Å². The molecule has 52 valence electrons. The zero-order valence-electron chi connectivity index (χ0n) is 5.80. The van der Waals surface area contributed by atoms with Crippen LogP contribution in [0.3, 0.4) is 0 Å². The van der Waals surface area contributed by atoms with Crippen LogP contribution in [0, 0.1) is 0 Å². The molecule has 0 bridgehead atoms. The molecule has 0 spiro atoms. The first-order chi connectivity index (χ1) is 4.41. The third kappa shape index (κ3) is 7.34. The molecule has 0 aliphatic heterocycles. The highest BCUT2D eigenvalue weighted by Gasteiger charge is 1.74. The summed E-state index contributed by atoms with van der Waals surface area (Å²) < 4.78 is 0. The average molecular weight is 127 g/mol. The summed E-state index contributed by atoms with van der Waals surface area (Å²) in [5.74, 6) is 0. The van der Waals surface area contributed by atoms with Gasteiger partial charge in [0.1, 0.15) is 0 Å². The summed E-state index contributed by atoms with van der Waals surface area (Å²) in [7, 11) is 0. The minimum absolute atomic E-state index is 0.692. The lowest BCUT2D eigenvalue weighted by Crippen LogP contribution is -1.99. The van der Waals surface area contributed by atoms with Crippen LogP contribution < -0.4 is 5.73 Å². The van der Waals surface area contributed by atoms with Gasteiger partial charge in [-0.25, -0.2) is 9.98 Å². The zero-order valence-corrected chi connectivity index (χ0v) is 5.80. The average Bonchev–Trinajstić information content (AvgIpc) is 1.89. The first-order valence-corrected chi connectivity index (χ1v) is 3.20. The van der Waals surface area contributed by atoms with Crippen LogP contribution in [0.5, 0.6) is 0 Å². The lowest BCUT2D eigenvalue weighted by atomic mass is 10.4. The van der Waals surface area contributed by atoms with E-state index in [4.69, 9.17) is 5.73 Å². The molecule has 0 aliphatic rings. The van der Waals surface area contributed by atoms with E-state index in [1.807, 2.05) is 6.92 Å². The van der Waals surface area contributed by atoms with Crippen LogP contribution in [0.25, 0.3) is 0 Å². The van der Waals surface area contributed by atoms with E-state index >= 15 is 0 Å². The van der Waals surface area contributed by atoms with E-state index in [0.717, 1.165) is 19.5 Å². The van der Waals surface area contributed by atoms with Gasteiger partial charge in [-0.1, -0.05) is 0 Å². The summed E-state index contributed by atoms with van der Waals surface area (Å²) in [6.07, 6.45) is 0.923. The van der Waals surface area contributed by atoms with Gasteiger partial charge < -0.3 is 5.73 Å². The Kier molecular flexibility index (Phi) is 6.80. The Balaban J connectivity index is 3.13. The molecule has 0 fully saturated rings. The Bertz CT molecular complexity index is 103. The number of aliphatic imine (C=N–C) groups is 2. The molecule has 0 amide bonds. The number of hydrogen-bond donors (Lipinski definition) is 1. The van der Waals surface area contributed by atoms with Gasteiger partial charge in [-0.3, -0.25) is 0 Å². The van der Waals surface area contributed by atoms with Gasteiger partial charge in [0.15, 0.2) is 0 Å². The molecular weight excluding hydrogens is 114 g/mol. The topological polar surface area (TPSA) is 50.7 Å². The van der Waals surface area contributed by atoms with Gasteiger partial charge in [-0.15, -0.1) is 0 Å². The molecule has 9 heavy (non-hydrogen) atoms. The second-order valence-corrected chi connectivity index (χ2v) is 1.60. The van der Waals surface area contributed by atoms with Crippen LogP contribution in [0.1, 0.15) is 13.3 Å². The highest BCUT2D eigenvalue weighted by molar-refractivity contribution is 5.40. The maximum atomic E-state index is 5.22. The molecule has 2 N–H and O–H groups in total. The predicted molar refractivity (Wildman–Crippen MR) is 38.9 cm³/mol. The minimum atomic E-state index is 0.692. The smallest absolute Gasteiger partial charge is 0.0892 e. The van der Waals surface area contributed by atoms with Crippen molar-refractivity contribution in [1.29, 1.82) is 0 Å². The van der Waals surface area contributed by atoms with Crippen LogP contribution in [0.2, 0.25) is 0 Å². The fourth-order valence-electron chi connectivity index (χ4n) is 0.341. The van der Waals surface area contributed by atoms with Gasteiger partial charge in [0.25, 0.3) is 0 Å². The van der Waals surface area contributed by atoms with E-state index < -0.39 is 0 Å². The molecule has 0 atom stereocenters. The lowest BCUT2D eigenvalue weighted by Gasteiger charge is -1.83. The van der Waals surface area contributed by atoms with Crippen molar-refractivity contribution < 1.29 is 0 Å². The third-order valence-corrected chi connectivity index (χ3v) is 0.774. The van der Waals surface area contributed by atoms with E-state index in [-0.39, 0.29) is 0 Å². The second-order valence-electron chi connectivity index (χ2n) is 1.60. The summed E-state index contributed by atoms with van der Waals surface area (Å²) in [6.45, 7) is 4.15. The van der Waals surface area contributed by atoms with Gasteiger partial charge >= 0.3 is 0 Å². The van der Waals surface area contributed by atoms with Crippen molar-refractivity contribution in [3.05, 3.63) is 0 Å². The largest absolute Gasteiger partial charge is 0.330 e. The van der Waals surface area contributed by atoms with Gasteiger partial charge in [0, 0.05) is 6.54 Å². The molecule has 0 rings (SSSR count). The van der Waals surface area contributed by atoms with Gasteiger partial charge in [0.2, 0.25) is 0 Å². The molecule has 0 saturated carbocycles. The van der Waals surface area contributed by atoms with Crippen molar-refractivity contribution in [3.63, 3.8) is 0 Å². The van der Waals surface area contributed by atoms with E-state index in [0.29, 0.717) is 6.54 Å². The van der Waals surface area contributed by atoms with Crippen LogP contribution in [0.15, 0.2) is 9.98 Å². The lowest BCUT2D eigenvalue weighted by molar-refractivity contribution is 0.847. The fraction of sp³-hybridized carbons (Fsp3) is 0.833. The molecule has 0 heterocycles. The monoisotopic (exact) mass is 127 g/mol. The van der Waals surface area contributed by atoms with Gasteiger partial charge in [-0.05, 0) is 19.9 Å². The highest BCUT2D eigenvalue weighted by atomic mass is 14.8. The predicted octanol–water partition coefficient (Wildman–Crippen LogP) is 0.529. The quantitative estimate of drug-likeness (QED) is 0.434. The summed E-state index contributed by atoms with van der Waals surface area (Å²) in [6, 6.07) is 2.56. The summed E-state index contributed by atoms with van der Waals surface area (Å²) in [5.41, 5.74) is 5.22. The van der Waals surface area contributed by atoms with E-state index in [9.17, 15) is 0 Å². The van der Waals surface area contributed by atoms with Crippen LogP contribution in [-0.2, 0) is 0 Å². The van der Waals surface area contributed by atoms with Crippen LogP contribution in [-0.4, -0.2) is 25.6 Å². The molecule has 0 aromatic rings. The van der Waals surface area contributed by atoms with Gasteiger partial charge in [-0.2, -0.15) is 0 Å². The first kappa shape index (κ1) is 8.34. The fourth-order valence-corrected chi connectivity index (χ4v) is 0.341. The molecule has 3 nitrogen and oxygen atoms in total. The number of rotatable bonds is 4. The van der Waals surface area contributed by atoms with Crippen molar-refractivity contribution in [1.82, 2.24) is 0 Å². The Morgan fingerprint density at radius 3 is 2.78 bits per heavy atom. The normalized spacial score (nSPS) is 8.22. The molecule has 3 heteroatoms. The second kappa shape index (κ2) is 7.34. The SMILES string of the molecule is CCN=C=NCCCN. The van der Waals surface area contributed by atoms with E-state index in [1.54, 1.807) is 0 Å². The number of hydrogen-bond acceptors (Lipinski definition) is 3. The minimum Gasteiger partial charge on any atom is -0.330 e. The van der Waals surface area contributed by atoms with Crippen molar-refractivity contribution in [2.45, 2.75) is 13.3 Å². The van der Waals surface area contributed by atoms with Crippen molar-refractivity contribution in [2.24, 2.45) is 15.7 Å². The molecule has 0 aromatic carbocycles.